The van der Waals surface area contributed by atoms with Crippen molar-refractivity contribution in [1.82, 2.24) is 10.8 Å². The van der Waals surface area contributed by atoms with Crippen LogP contribution in [0.25, 0.3) is 0 Å². The molecule has 0 aliphatic heterocycles. The fraction of sp³-hybridized carbons (Fsp3) is 0.304. The Hall–Kier alpha value is -3.20. The van der Waals surface area contributed by atoms with Crippen LogP contribution in [0.5, 0.6) is 11.5 Å². The second-order valence-corrected chi connectivity index (χ2v) is 6.82. The Morgan fingerprint density at radius 3 is 2.39 bits per heavy atom. The average molecular weight is 428 g/mol. The zero-order valence-corrected chi connectivity index (χ0v) is 17.5. The van der Waals surface area contributed by atoms with Crippen molar-refractivity contribution in [3.05, 3.63) is 72.8 Å². The predicted octanol–water partition coefficient (Wildman–Crippen LogP) is 3.29. The van der Waals surface area contributed by atoms with Gasteiger partial charge in [-0.05, 0) is 49.2 Å². The number of para-hydroxylation sites is 1. The Bertz CT molecular complexity index is 826. The molecule has 31 heavy (non-hydrogen) atoms. The van der Waals surface area contributed by atoms with Crippen LogP contribution in [0.15, 0.2) is 67.3 Å². The van der Waals surface area contributed by atoms with Gasteiger partial charge in [-0.2, -0.15) is 0 Å². The van der Waals surface area contributed by atoms with Crippen LogP contribution in [0.1, 0.15) is 23.2 Å². The zero-order chi connectivity index (χ0) is 22.5. The number of allylic oxidation sites excluding steroid dienone is 1. The van der Waals surface area contributed by atoms with Crippen molar-refractivity contribution in [2.24, 2.45) is 5.92 Å². The molecule has 2 aromatic carbocycles. The smallest absolute Gasteiger partial charge is 0.251 e. The summed E-state index contributed by atoms with van der Waals surface area (Å²) in [5, 5.41) is 11.8. The zero-order valence-electron chi connectivity index (χ0n) is 17.5. The third kappa shape index (κ3) is 8.21. The van der Waals surface area contributed by atoms with Crippen molar-refractivity contribution >= 4 is 11.8 Å². The number of hydroxylamine groups is 1. The Labute approximate surface area is 181 Å². The summed E-state index contributed by atoms with van der Waals surface area (Å²) >= 11 is 0. The first kappa shape index (κ1) is 24.1. The van der Waals surface area contributed by atoms with Crippen molar-refractivity contribution < 1.29 is 29.0 Å². The summed E-state index contributed by atoms with van der Waals surface area (Å²) in [4.78, 5) is 24.6. The van der Waals surface area contributed by atoms with Crippen LogP contribution < -0.4 is 15.5 Å². The number of amides is 2. The number of nitrogens with one attached hydrogen (secondary N) is 2. The van der Waals surface area contributed by atoms with Gasteiger partial charge in [0.15, 0.2) is 0 Å². The number of methoxy groups -OCH3 is 1. The Balaban J connectivity index is 2.03. The summed E-state index contributed by atoms with van der Waals surface area (Å²) in [6, 6.07) is 15.6. The normalized spacial score (nSPS) is 12.5. The molecule has 0 heterocycles. The maximum Gasteiger partial charge on any atom is 0.251 e. The predicted molar refractivity (Wildman–Crippen MR) is 115 cm³/mol. The fourth-order valence-corrected chi connectivity index (χ4v) is 2.96. The summed E-state index contributed by atoms with van der Waals surface area (Å²) in [5.41, 5.74) is 2.09. The van der Waals surface area contributed by atoms with Gasteiger partial charge in [0.2, 0.25) is 5.91 Å². The maximum atomic E-state index is 12.7. The van der Waals surface area contributed by atoms with Gasteiger partial charge in [-0.15, -0.1) is 6.58 Å². The minimum Gasteiger partial charge on any atom is -0.457 e. The van der Waals surface area contributed by atoms with Crippen LogP contribution in [0, 0.1) is 5.92 Å². The first-order valence-corrected chi connectivity index (χ1v) is 9.82. The van der Waals surface area contributed by atoms with E-state index in [1.165, 1.54) is 7.11 Å². The number of hydrogen-bond donors (Lipinski definition) is 3. The molecule has 2 aromatic rings. The molecule has 0 fully saturated rings. The summed E-state index contributed by atoms with van der Waals surface area (Å²) in [7, 11) is 1.49. The standard InChI is InChI=1S/C23H28N2O6/c1-3-7-18(23(27)25-28)14-19(15-30-16-29-2)24-22(26)17-10-12-21(13-11-17)31-20-8-5-4-6-9-20/h3-6,8-13,18-19,28H,1,7,14-16H2,2H3,(H,24,26)(H,25,27). The summed E-state index contributed by atoms with van der Waals surface area (Å²) < 4.78 is 16.0. The van der Waals surface area contributed by atoms with Crippen molar-refractivity contribution in [3.63, 3.8) is 0 Å². The minimum atomic E-state index is -0.569. The van der Waals surface area contributed by atoms with E-state index in [0.29, 0.717) is 23.5 Å². The molecule has 0 aromatic heterocycles. The third-order valence-electron chi connectivity index (χ3n) is 4.45. The topological polar surface area (TPSA) is 106 Å². The molecule has 0 radical (unpaired) electrons. The highest BCUT2D eigenvalue weighted by Crippen LogP contribution is 2.21. The van der Waals surface area contributed by atoms with Gasteiger partial charge in [0.05, 0.1) is 12.6 Å². The highest BCUT2D eigenvalue weighted by molar-refractivity contribution is 5.94. The van der Waals surface area contributed by atoms with Crippen molar-refractivity contribution in [2.75, 3.05) is 20.5 Å². The monoisotopic (exact) mass is 428 g/mol. The summed E-state index contributed by atoms with van der Waals surface area (Å²) in [5.74, 6) is -0.133. The van der Waals surface area contributed by atoms with Gasteiger partial charge in [0.25, 0.3) is 5.91 Å². The first-order chi connectivity index (χ1) is 15.1. The molecule has 2 atom stereocenters. The van der Waals surface area contributed by atoms with Gasteiger partial charge in [0.1, 0.15) is 18.3 Å². The van der Waals surface area contributed by atoms with E-state index in [0.717, 1.165) is 0 Å². The lowest BCUT2D eigenvalue weighted by atomic mass is 9.95. The van der Waals surface area contributed by atoms with Gasteiger partial charge >= 0.3 is 0 Å². The molecule has 8 nitrogen and oxygen atoms in total. The average Bonchev–Trinajstić information content (AvgIpc) is 2.79. The first-order valence-electron chi connectivity index (χ1n) is 9.82. The molecule has 8 heteroatoms. The SMILES string of the molecule is C=CCC(CC(COCOC)NC(=O)c1ccc(Oc2ccccc2)cc1)C(=O)NO. The quantitative estimate of drug-likeness (QED) is 0.149. The third-order valence-corrected chi connectivity index (χ3v) is 4.45. The molecule has 166 valence electrons. The van der Waals surface area contributed by atoms with Crippen molar-refractivity contribution in [3.8, 4) is 11.5 Å². The number of ether oxygens (including phenoxy) is 3. The molecular weight excluding hydrogens is 400 g/mol. The molecule has 0 spiro atoms. The van der Waals surface area contributed by atoms with E-state index in [2.05, 4.69) is 11.9 Å². The molecule has 0 saturated heterocycles. The van der Waals surface area contributed by atoms with Crippen LogP contribution in [-0.2, 0) is 14.3 Å². The van der Waals surface area contributed by atoms with Crippen molar-refractivity contribution in [2.45, 2.75) is 18.9 Å². The lowest BCUT2D eigenvalue weighted by Crippen LogP contribution is -2.42. The number of carbonyl (C=O) groups is 2. The van der Waals surface area contributed by atoms with E-state index in [-0.39, 0.29) is 25.7 Å². The van der Waals surface area contributed by atoms with E-state index < -0.39 is 17.9 Å². The molecule has 0 aliphatic carbocycles. The Morgan fingerprint density at radius 1 is 1.10 bits per heavy atom. The fourth-order valence-electron chi connectivity index (χ4n) is 2.96. The number of carbonyl (C=O) groups excluding carboxylic acids is 2. The van der Waals surface area contributed by atoms with Crippen LogP contribution in [-0.4, -0.2) is 43.6 Å². The van der Waals surface area contributed by atoms with E-state index in [1.54, 1.807) is 35.8 Å². The number of rotatable bonds is 13. The lowest BCUT2D eigenvalue weighted by Gasteiger charge is -2.23. The van der Waals surface area contributed by atoms with Crippen LogP contribution in [0.2, 0.25) is 0 Å². The lowest BCUT2D eigenvalue weighted by molar-refractivity contribution is -0.134. The maximum absolute atomic E-state index is 12.7. The highest BCUT2D eigenvalue weighted by Gasteiger charge is 2.24. The van der Waals surface area contributed by atoms with Gasteiger partial charge in [-0.3, -0.25) is 14.8 Å². The number of hydrogen-bond acceptors (Lipinski definition) is 6. The van der Waals surface area contributed by atoms with Crippen LogP contribution in [0.3, 0.4) is 0 Å². The summed E-state index contributed by atoms with van der Waals surface area (Å²) in [6.07, 6.45) is 2.18. The van der Waals surface area contributed by atoms with Gasteiger partial charge in [-0.25, -0.2) is 5.48 Å². The summed E-state index contributed by atoms with van der Waals surface area (Å²) in [6.45, 7) is 3.83. The van der Waals surface area contributed by atoms with E-state index in [4.69, 9.17) is 19.4 Å². The molecule has 2 amide bonds. The second-order valence-electron chi connectivity index (χ2n) is 6.82. The molecule has 0 bridgehead atoms. The van der Waals surface area contributed by atoms with E-state index >= 15 is 0 Å². The molecule has 2 unspecified atom stereocenters. The van der Waals surface area contributed by atoms with Crippen LogP contribution in [0.4, 0.5) is 0 Å². The van der Waals surface area contributed by atoms with E-state index in [9.17, 15) is 9.59 Å². The molecular formula is C23H28N2O6. The van der Waals surface area contributed by atoms with Crippen LogP contribution >= 0.6 is 0 Å². The Morgan fingerprint density at radius 2 is 1.77 bits per heavy atom. The Kier molecular flexibility index (Phi) is 10.2. The number of benzene rings is 2. The minimum absolute atomic E-state index is 0.0518. The molecule has 0 aliphatic rings. The second kappa shape index (κ2) is 13.2. The van der Waals surface area contributed by atoms with Gasteiger partial charge < -0.3 is 19.5 Å². The highest BCUT2D eigenvalue weighted by atomic mass is 16.7. The van der Waals surface area contributed by atoms with Gasteiger partial charge in [-0.1, -0.05) is 24.3 Å². The van der Waals surface area contributed by atoms with Gasteiger partial charge in [0, 0.05) is 18.6 Å². The van der Waals surface area contributed by atoms with Crippen molar-refractivity contribution in [1.29, 1.82) is 0 Å². The molecule has 3 N–H and O–H groups in total. The molecule has 2 rings (SSSR count). The largest absolute Gasteiger partial charge is 0.457 e. The molecule has 0 saturated carbocycles. The van der Waals surface area contributed by atoms with E-state index in [1.807, 2.05) is 30.3 Å².